The Bertz CT molecular complexity index is 1210. The number of benzene rings is 3. The summed E-state index contributed by atoms with van der Waals surface area (Å²) in [6.45, 7) is 5.55. The quantitative estimate of drug-likeness (QED) is 0.516. The number of hydrogen-bond acceptors (Lipinski definition) is 4. The molecule has 8 heteroatoms. The van der Waals surface area contributed by atoms with Crippen molar-refractivity contribution in [3.8, 4) is 5.75 Å². The fraction of sp³-hybridized carbons (Fsp3) is 0.174. The second-order valence-electron chi connectivity index (χ2n) is 7.13. The maximum absolute atomic E-state index is 12.6. The fourth-order valence-corrected chi connectivity index (χ4v) is 4.04. The molecule has 0 aliphatic rings. The van der Waals surface area contributed by atoms with E-state index in [1.54, 1.807) is 18.2 Å². The van der Waals surface area contributed by atoms with E-state index < -0.39 is 10.0 Å². The zero-order chi connectivity index (χ0) is 22.6. The van der Waals surface area contributed by atoms with E-state index in [-0.39, 0.29) is 17.4 Å². The van der Waals surface area contributed by atoms with Crippen LogP contribution < -0.4 is 14.8 Å². The van der Waals surface area contributed by atoms with Gasteiger partial charge in [0.2, 0.25) is 0 Å². The van der Waals surface area contributed by atoms with Gasteiger partial charge in [-0.3, -0.25) is 9.52 Å². The summed E-state index contributed by atoms with van der Waals surface area (Å²) in [6.07, 6.45) is 0. The first-order valence-electron chi connectivity index (χ1n) is 9.53. The minimum Gasteiger partial charge on any atom is -0.484 e. The maximum Gasteiger partial charge on any atom is 0.262 e. The van der Waals surface area contributed by atoms with Crippen LogP contribution in [0.4, 0.5) is 11.4 Å². The summed E-state index contributed by atoms with van der Waals surface area (Å²) in [7, 11) is -3.78. The molecule has 31 heavy (non-hydrogen) atoms. The molecule has 0 aliphatic heterocycles. The van der Waals surface area contributed by atoms with Crippen LogP contribution in [0.15, 0.2) is 65.6 Å². The van der Waals surface area contributed by atoms with Crippen molar-refractivity contribution in [2.75, 3.05) is 16.6 Å². The van der Waals surface area contributed by atoms with Crippen molar-refractivity contribution in [2.24, 2.45) is 0 Å². The molecule has 0 aliphatic carbocycles. The van der Waals surface area contributed by atoms with Crippen LogP contribution in [0.1, 0.15) is 16.7 Å². The van der Waals surface area contributed by atoms with Gasteiger partial charge in [0.25, 0.3) is 15.9 Å². The van der Waals surface area contributed by atoms with Crippen LogP contribution in [-0.4, -0.2) is 20.9 Å². The molecule has 0 spiro atoms. The van der Waals surface area contributed by atoms with E-state index >= 15 is 0 Å². The third kappa shape index (κ3) is 5.77. The number of sulfonamides is 1. The average Bonchev–Trinajstić information content (AvgIpc) is 2.73. The number of anilines is 2. The lowest BCUT2D eigenvalue weighted by Crippen LogP contribution is -2.20. The van der Waals surface area contributed by atoms with Gasteiger partial charge in [-0.05, 0) is 79.9 Å². The molecule has 0 unspecified atom stereocenters. The van der Waals surface area contributed by atoms with E-state index in [1.807, 2.05) is 39.0 Å². The van der Waals surface area contributed by atoms with E-state index in [2.05, 4.69) is 10.0 Å². The van der Waals surface area contributed by atoms with Gasteiger partial charge in [-0.2, -0.15) is 0 Å². The van der Waals surface area contributed by atoms with Gasteiger partial charge in [-0.15, -0.1) is 0 Å². The smallest absolute Gasteiger partial charge is 0.262 e. The summed E-state index contributed by atoms with van der Waals surface area (Å²) < 4.78 is 33.1. The standard InChI is InChI=1S/C23H23ClN2O4S/c1-15-5-4-6-22(17(15)3)25-23(27)14-30-19-9-11-20(12-10-19)31(28,29)26-18-8-7-16(2)21(24)13-18/h4-13,26H,14H2,1-3H3,(H,25,27). The zero-order valence-corrected chi connectivity index (χ0v) is 19.0. The van der Waals surface area contributed by atoms with Crippen molar-refractivity contribution in [1.29, 1.82) is 0 Å². The zero-order valence-electron chi connectivity index (χ0n) is 17.4. The van der Waals surface area contributed by atoms with Crippen LogP contribution in [0.3, 0.4) is 0 Å². The summed E-state index contributed by atoms with van der Waals surface area (Å²) in [5.74, 6) is 0.0803. The van der Waals surface area contributed by atoms with Crippen LogP contribution in [0.2, 0.25) is 5.02 Å². The number of nitrogens with one attached hydrogen (secondary N) is 2. The highest BCUT2D eigenvalue weighted by molar-refractivity contribution is 7.92. The van der Waals surface area contributed by atoms with Gasteiger partial charge in [-0.25, -0.2) is 8.42 Å². The van der Waals surface area contributed by atoms with Crippen LogP contribution in [0.5, 0.6) is 5.75 Å². The maximum atomic E-state index is 12.6. The first-order valence-corrected chi connectivity index (χ1v) is 11.4. The highest BCUT2D eigenvalue weighted by Gasteiger charge is 2.15. The lowest BCUT2D eigenvalue weighted by Gasteiger charge is -2.12. The predicted molar refractivity (Wildman–Crippen MR) is 123 cm³/mol. The molecular weight excluding hydrogens is 436 g/mol. The first-order chi connectivity index (χ1) is 14.7. The number of carbonyl (C=O) groups is 1. The molecule has 3 aromatic rings. The fourth-order valence-electron chi connectivity index (χ4n) is 2.81. The monoisotopic (exact) mass is 458 g/mol. The Balaban J connectivity index is 1.61. The lowest BCUT2D eigenvalue weighted by atomic mass is 10.1. The highest BCUT2D eigenvalue weighted by Crippen LogP contribution is 2.24. The van der Waals surface area contributed by atoms with Gasteiger partial charge in [0.15, 0.2) is 6.61 Å². The summed E-state index contributed by atoms with van der Waals surface area (Å²) in [6, 6.07) is 16.4. The number of halogens is 1. The lowest BCUT2D eigenvalue weighted by molar-refractivity contribution is -0.118. The molecule has 0 radical (unpaired) electrons. The third-order valence-corrected chi connectivity index (χ3v) is 6.61. The molecule has 2 N–H and O–H groups in total. The van der Waals surface area contributed by atoms with Gasteiger partial charge in [0.1, 0.15) is 5.75 Å². The molecule has 0 atom stereocenters. The highest BCUT2D eigenvalue weighted by atomic mass is 35.5. The molecule has 6 nitrogen and oxygen atoms in total. The molecule has 3 aromatic carbocycles. The molecule has 0 saturated heterocycles. The van der Waals surface area contributed by atoms with Gasteiger partial charge in [0, 0.05) is 10.7 Å². The summed E-state index contributed by atoms with van der Waals surface area (Å²) >= 11 is 6.05. The van der Waals surface area contributed by atoms with Crippen molar-refractivity contribution in [3.05, 3.63) is 82.4 Å². The van der Waals surface area contributed by atoms with Crippen molar-refractivity contribution >= 4 is 38.9 Å². The Hall–Kier alpha value is -3.03. The first kappa shape index (κ1) is 22.7. The Morgan fingerprint density at radius 2 is 1.68 bits per heavy atom. The van der Waals surface area contributed by atoms with Gasteiger partial charge in [-0.1, -0.05) is 29.8 Å². The Morgan fingerprint density at radius 1 is 0.968 bits per heavy atom. The number of hydrogen-bond donors (Lipinski definition) is 2. The minimum atomic E-state index is -3.78. The number of carbonyl (C=O) groups excluding carboxylic acids is 1. The number of amides is 1. The summed E-state index contributed by atoms with van der Waals surface area (Å²) in [5.41, 5.74) is 4.04. The minimum absolute atomic E-state index is 0.0661. The van der Waals surface area contributed by atoms with Crippen LogP contribution in [0, 0.1) is 20.8 Å². The Morgan fingerprint density at radius 3 is 2.35 bits per heavy atom. The molecule has 3 rings (SSSR count). The van der Waals surface area contributed by atoms with Crippen LogP contribution >= 0.6 is 11.6 Å². The third-order valence-electron chi connectivity index (χ3n) is 4.81. The van der Waals surface area contributed by atoms with E-state index in [1.165, 1.54) is 24.3 Å². The van der Waals surface area contributed by atoms with E-state index in [0.717, 1.165) is 22.4 Å². The number of aryl methyl sites for hydroxylation is 2. The molecular formula is C23H23ClN2O4S. The SMILES string of the molecule is Cc1ccc(NS(=O)(=O)c2ccc(OCC(=O)Nc3cccc(C)c3C)cc2)cc1Cl. The van der Waals surface area contributed by atoms with E-state index in [0.29, 0.717) is 16.5 Å². The van der Waals surface area contributed by atoms with Crippen molar-refractivity contribution in [2.45, 2.75) is 25.7 Å². The molecule has 1 amide bonds. The molecule has 0 aromatic heterocycles. The van der Waals surface area contributed by atoms with Gasteiger partial charge in [0.05, 0.1) is 10.6 Å². The van der Waals surface area contributed by atoms with Crippen molar-refractivity contribution < 1.29 is 17.9 Å². The Kier molecular flexibility index (Phi) is 6.87. The van der Waals surface area contributed by atoms with Crippen LogP contribution in [0.25, 0.3) is 0 Å². The summed E-state index contributed by atoms with van der Waals surface area (Å²) in [5, 5.41) is 3.29. The Labute approximate surface area is 187 Å². The van der Waals surface area contributed by atoms with E-state index in [4.69, 9.17) is 16.3 Å². The number of ether oxygens (including phenoxy) is 1. The molecule has 0 fully saturated rings. The van der Waals surface area contributed by atoms with E-state index in [9.17, 15) is 13.2 Å². The van der Waals surface area contributed by atoms with Crippen molar-refractivity contribution in [3.63, 3.8) is 0 Å². The van der Waals surface area contributed by atoms with Crippen LogP contribution in [-0.2, 0) is 14.8 Å². The van der Waals surface area contributed by atoms with Crippen molar-refractivity contribution in [1.82, 2.24) is 0 Å². The predicted octanol–water partition coefficient (Wildman–Crippen LogP) is 5.08. The number of rotatable bonds is 7. The second-order valence-corrected chi connectivity index (χ2v) is 9.21. The van der Waals surface area contributed by atoms with Gasteiger partial charge < -0.3 is 10.1 Å². The normalized spacial score (nSPS) is 11.1. The second kappa shape index (κ2) is 9.41. The molecule has 0 bridgehead atoms. The van der Waals surface area contributed by atoms with Gasteiger partial charge >= 0.3 is 0 Å². The average molecular weight is 459 g/mol. The molecule has 162 valence electrons. The molecule has 0 heterocycles. The topological polar surface area (TPSA) is 84.5 Å². The summed E-state index contributed by atoms with van der Waals surface area (Å²) in [4.78, 5) is 12.2. The molecule has 0 saturated carbocycles. The largest absolute Gasteiger partial charge is 0.484 e.